The van der Waals surface area contributed by atoms with E-state index >= 15 is 0 Å². The average molecular weight is 405 g/mol. The first-order valence-electron chi connectivity index (χ1n) is 10.5. The van der Waals surface area contributed by atoms with E-state index in [4.69, 9.17) is 5.26 Å². The zero-order chi connectivity index (χ0) is 21.4. The molecule has 2 aliphatic rings. The number of nitrogens with zero attached hydrogens (tertiary/aromatic N) is 3. The molecule has 4 atom stereocenters. The Kier molecular flexibility index (Phi) is 5.54. The number of hydrogen-bond donors (Lipinski definition) is 3. The van der Waals surface area contributed by atoms with E-state index in [1.165, 1.54) is 11.8 Å². The van der Waals surface area contributed by atoms with Crippen molar-refractivity contribution in [2.24, 2.45) is 5.92 Å². The van der Waals surface area contributed by atoms with E-state index in [-0.39, 0.29) is 18.0 Å². The highest BCUT2D eigenvalue weighted by atomic mass is 16.1. The van der Waals surface area contributed by atoms with E-state index in [0.717, 1.165) is 41.8 Å². The molecule has 0 radical (unpaired) electrons. The molecule has 1 aliphatic carbocycles. The normalized spacial score (nSPS) is 25.4. The second-order valence-electron chi connectivity index (χ2n) is 8.59. The van der Waals surface area contributed by atoms with Crippen LogP contribution in [0.25, 0.3) is 0 Å². The first kappa shape index (κ1) is 20.5. The maximum Gasteiger partial charge on any atom is 0.270 e. The number of amides is 1. The summed E-state index contributed by atoms with van der Waals surface area (Å²) in [6.45, 7) is 7.75. The minimum atomic E-state index is -0.158. The predicted octanol–water partition coefficient (Wildman–Crippen LogP) is 2.70. The van der Waals surface area contributed by atoms with Crippen molar-refractivity contribution >= 4 is 5.91 Å². The largest absolute Gasteiger partial charge is 0.348 e. The van der Waals surface area contributed by atoms with Gasteiger partial charge < -0.3 is 5.32 Å². The van der Waals surface area contributed by atoms with E-state index in [1.54, 1.807) is 0 Å². The topological polar surface area (TPSA) is 103 Å². The van der Waals surface area contributed by atoms with Gasteiger partial charge in [0.2, 0.25) is 0 Å². The molecule has 2 aromatic rings. The number of carbonyl (C=O) groups excluding carboxylic acids is 1. The number of fused-ring (bicyclic) bond motifs is 1. The Morgan fingerprint density at radius 1 is 1.13 bits per heavy atom. The Morgan fingerprint density at radius 3 is 2.57 bits per heavy atom. The maximum absolute atomic E-state index is 12.9. The third-order valence-electron chi connectivity index (χ3n) is 6.53. The van der Waals surface area contributed by atoms with Gasteiger partial charge in [-0.05, 0) is 81.7 Å². The Bertz CT molecular complexity index is 1010. The molecule has 156 valence electrons. The summed E-state index contributed by atoms with van der Waals surface area (Å²) in [4.78, 5) is 21.7. The first-order valence-corrected chi connectivity index (χ1v) is 10.5. The number of aromatic nitrogens is 2. The van der Waals surface area contributed by atoms with Gasteiger partial charge in [0.05, 0.1) is 11.6 Å². The molecule has 0 spiro atoms. The highest BCUT2D eigenvalue weighted by Gasteiger charge is 2.41. The van der Waals surface area contributed by atoms with Crippen molar-refractivity contribution in [1.29, 1.82) is 5.26 Å². The SMILES string of the molecule is Cc1cc(C2NNC3CCC(NC(=O)c4ncc(C#N)c(C)c4C)CC32)cc(C)n1. The number of hydrogen-bond acceptors (Lipinski definition) is 6. The second kappa shape index (κ2) is 8.13. The summed E-state index contributed by atoms with van der Waals surface area (Å²) < 4.78 is 0. The minimum absolute atomic E-state index is 0.101. The zero-order valence-electron chi connectivity index (χ0n) is 17.9. The molecular formula is C23H28N6O. The van der Waals surface area contributed by atoms with E-state index in [2.05, 4.69) is 44.3 Å². The fourth-order valence-electron chi connectivity index (χ4n) is 4.86. The lowest BCUT2D eigenvalue weighted by atomic mass is 9.77. The number of aryl methyl sites for hydroxylation is 2. The van der Waals surface area contributed by atoms with Gasteiger partial charge in [-0.3, -0.25) is 15.2 Å². The van der Waals surface area contributed by atoms with Gasteiger partial charge in [0.1, 0.15) is 11.8 Å². The van der Waals surface area contributed by atoms with Crippen LogP contribution in [0.3, 0.4) is 0 Å². The van der Waals surface area contributed by atoms with E-state index in [1.807, 2.05) is 27.7 Å². The lowest BCUT2D eigenvalue weighted by Crippen LogP contribution is -2.44. The Morgan fingerprint density at radius 2 is 1.87 bits per heavy atom. The minimum Gasteiger partial charge on any atom is -0.348 e. The number of hydrazine groups is 1. The summed E-state index contributed by atoms with van der Waals surface area (Å²) >= 11 is 0. The van der Waals surface area contributed by atoms with Crippen molar-refractivity contribution in [3.8, 4) is 6.07 Å². The van der Waals surface area contributed by atoms with Crippen molar-refractivity contribution in [2.45, 2.75) is 65.1 Å². The molecule has 7 nitrogen and oxygen atoms in total. The molecule has 4 unspecified atom stereocenters. The van der Waals surface area contributed by atoms with Crippen molar-refractivity contribution in [3.63, 3.8) is 0 Å². The summed E-state index contributed by atoms with van der Waals surface area (Å²) in [5.41, 5.74) is 12.7. The first-order chi connectivity index (χ1) is 14.4. The molecule has 1 saturated heterocycles. The van der Waals surface area contributed by atoms with Gasteiger partial charge in [0.15, 0.2) is 0 Å². The van der Waals surface area contributed by atoms with Crippen LogP contribution in [-0.2, 0) is 0 Å². The quantitative estimate of drug-likeness (QED) is 0.727. The van der Waals surface area contributed by atoms with Crippen LogP contribution < -0.4 is 16.2 Å². The van der Waals surface area contributed by atoms with Crippen molar-refractivity contribution in [2.75, 3.05) is 0 Å². The molecular weight excluding hydrogens is 376 g/mol. The summed E-state index contributed by atoms with van der Waals surface area (Å²) in [7, 11) is 0. The Balaban J connectivity index is 1.49. The number of pyridine rings is 2. The molecule has 3 N–H and O–H groups in total. The predicted molar refractivity (Wildman–Crippen MR) is 114 cm³/mol. The number of carbonyl (C=O) groups is 1. The van der Waals surface area contributed by atoms with E-state index in [0.29, 0.717) is 23.2 Å². The highest BCUT2D eigenvalue weighted by Crippen LogP contribution is 2.38. The Labute approximate surface area is 177 Å². The van der Waals surface area contributed by atoms with Crippen LogP contribution >= 0.6 is 0 Å². The van der Waals surface area contributed by atoms with Gasteiger partial charge in [-0.25, -0.2) is 10.4 Å². The molecule has 0 bridgehead atoms. The summed E-state index contributed by atoms with van der Waals surface area (Å²) in [5.74, 6) is 0.233. The second-order valence-corrected chi connectivity index (χ2v) is 8.59. The monoisotopic (exact) mass is 404 g/mol. The smallest absolute Gasteiger partial charge is 0.270 e. The molecule has 2 fully saturated rings. The maximum atomic E-state index is 12.9. The van der Waals surface area contributed by atoms with Crippen LogP contribution in [0, 0.1) is 44.9 Å². The van der Waals surface area contributed by atoms with Crippen molar-refractivity contribution in [1.82, 2.24) is 26.1 Å². The van der Waals surface area contributed by atoms with Crippen molar-refractivity contribution < 1.29 is 4.79 Å². The molecule has 3 heterocycles. The van der Waals surface area contributed by atoms with E-state index < -0.39 is 0 Å². The van der Waals surface area contributed by atoms with Crippen LogP contribution in [0.5, 0.6) is 0 Å². The van der Waals surface area contributed by atoms with Crippen LogP contribution in [0.1, 0.15) is 69.4 Å². The number of nitrogens with one attached hydrogen (secondary N) is 3. The Hall–Kier alpha value is -2.82. The van der Waals surface area contributed by atoms with E-state index in [9.17, 15) is 4.79 Å². The zero-order valence-corrected chi connectivity index (χ0v) is 17.9. The summed E-state index contributed by atoms with van der Waals surface area (Å²) in [5, 5.41) is 12.4. The molecule has 30 heavy (non-hydrogen) atoms. The van der Waals surface area contributed by atoms with Gasteiger partial charge in [-0.2, -0.15) is 5.26 Å². The van der Waals surface area contributed by atoms with Gasteiger partial charge >= 0.3 is 0 Å². The molecule has 0 aromatic carbocycles. The molecule has 1 saturated carbocycles. The van der Waals surface area contributed by atoms with Gasteiger partial charge in [0, 0.05) is 29.7 Å². The van der Waals surface area contributed by atoms with Crippen LogP contribution in [0.15, 0.2) is 18.3 Å². The molecule has 4 rings (SSSR count). The highest BCUT2D eigenvalue weighted by molar-refractivity contribution is 5.94. The third-order valence-corrected chi connectivity index (χ3v) is 6.53. The summed E-state index contributed by atoms with van der Waals surface area (Å²) in [6.07, 6.45) is 4.32. The molecule has 7 heteroatoms. The number of rotatable bonds is 3. The fourth-order valence-corrected chi connectivity index (χ4v) is 4.86. The fraction of sp³-hybridized carbons (Fsp3) is 0.478. The van der Waals surface area contributed by atoms with Gasteiger partial charge in [-0.1, -0.05) is 0 Å². The standard InChI is InChI=1S/C23H28N6O/c1-12-7-16(8-13(2)26-12)22-19-9-18(5-6-20(19)28-29-22)27-23(30)21-15(4)14(3)17(10-24)11-25-21/h7-8,11,18-20,22,28-29H,5-6,9H2,1-4H3,(H,27,30). The molecule has 1 aliphatic heterocycles. The average Bonchev–Trinajstić information content (AvgIpc) is 3.12. The van der Waals surface area contributed by atoms with Crippen LogP contribution in [0.4, 0.5) is 0 Å². The van der Waals surface area contributed by atoms with Crippen molar-refractivity contribution in [3.05, 3.63) is 57.7 Å². The lowest BCUT2D eigenvalue weighted by molar-refractivity contribution is 0.0909. The molecule has 1 amide bonds. The van der Waals surface area contributed by atoms with Gasteiger partial charge in [-0.15, -0.1) is 0 Å². The number of nitriles is 1. The van der Waals surface area contributed by atoms with Crippen LogP contribution in [-0.4, -0.2) is 28.0 Å². The lowest BCUT2D eigenvalue weighted by Gasteiger charge is -2.33. The summed E-state index contributed by atoms with van der Waals surface area (Å²) in [6, 6.07) is 7.11. The third kappa shape index (κ3) is 3.81. The molecule has 2 aromatic heterocycles. The van der Waals surface area contributed by atoms with Crippen LogP contribution in [0.2, 0.25) is 0 Å². The van der Waals surface area contributed by atoms with Gasteiger partial charge in [0.25, 0.3) is 5.91 Å².